The normalized spacial score (nSPS) is 21.0. The molecule has 0 saturated heterocycles. The number of fused-ring (bicyclic) bond motifs is 1. The van der Waals surface area contributed by atoms with Crippen molar-refractivity contribution >= 4 is 9.84 Å². The molecule has 108 valence electrons. The second kappa shape index (κ2) is 4.97. The van der Waals surface area contributed by atoms with Crippen molar-refractivity contribution in [3.8, 4) is 6.07 Å². The first-order valence-corrected chi connectivity index (χ1v) is 8.06. The van der Waals surface area contributed by atoms with Gasteiger partial charge in [0, 0.05) is 12.5 Å². The molecule has 0 bridgehead atoms. The van der Waals surface area contributed by atoms with Gasteiger partial charge in [0.2, 0.25) is 9.84 Å². The van der Waals surface area contributed by atoms with Crippen LogP contribution in [0.5, 0.6) is 0 Å². The number of hydrogen-bond acceptors (Lipinski definition) is 4. The Kier molecular flexibility index (Phi) is 3.26. The molecule has 0 amide bonds. The van der Waals surface area contributed by atoms with Gasteiger partial charge in [-0.2, -0.15) is 10.4 Å². The minimum absolute atomic E-state index is 0.234. The van der Waals surface area contributed by atoms with E-state index in [1.807, 2.05) is 30.3 Å². The van der Waals surface area contributed by atoms with Gasteiger partial charge in [-0.1, -0.05) is 30.3 Å². The Morgan fingerprint density at radius 1 is 1.38 bits per heavy atom. The third kappa shape index (κ3) is 2.32. The summed E-state index contributed by atoms with van der Waals surface area (Å²) in [7, 11) is -3.78. The fourth-order valence-corrected chi connectivity index (χ4v) is 3.38. The molecular formula is C14H12FN3O2S. The first kappa shape index (κ1) is 13.8. The van der Waals surface area contributed by atoms with E-state index < -0.39 is 21.8 Å². The molecule has 2 atom stereocenters. The molecule has 0 radical (unpaired) electrons. The Labute approximate surface area is 121 Å². The second-order valence-corrected chi connectivity index (χ2v) is 6.84. The lowest BCUT2D eigenvalue weighted by Crippen LogP contribution is -2.11. The molecule has 2 heterocycles. The summed E-state index contributed by atoms with van der Waals surface area (Å²) in [5, 5.41) is 12.3. The fraction of sp³-hybridized carbons (Fsp3) is 0.286. The van der Waals surface area contributed by atoms with Gasteiger partial charge in [0.25, 0.3) is 0 Å². The molecule has 7 heteroatoms. The van der Waals surface area contributed by atoms with E-state index in [-0.39, 0.29) is 23.2 Å². The summed E-state index contributed by atoms with van der Waals surface area (Å²) < 4.78 is 39.3. The lowest BCUT2D eigenvalue weighted by molar-refractivity contribution is 0.333. The molecule has 2 aromatic rings. The molecule has 0 spiro atoms. The number of benzene rings is 1. The Bertz CT molecular complexity index is 808. The number of hydrogen-bond donors (Lipinski definition) is 0. The van der Waals surface area contributed by atoms with Gasteiger partial charge in [-0.05, 0) is 5.56 Å². The minimum atomic E-state index is -3.78. The van der Waals surface area contributed by atoms with Crippen LogP contribution in [0.25, 0.3) is 0 Å². The van der Waals surface area contributed by atoms with E-state index in [0.717, 1.165) is 5.56 Å². The largest absolute Gasteiger partial charge is 0.258 e. The van der Waals surface area contributed by atoms with Gasteiger partial charge in [0.15, 0.2) is 5.03 Å². The molecule has 0 N–H and O–H groups in total. The van der Waals surface area contributed by atoms with Crippen molar-refractivity contribution in [2.75, 3.05) is 5.75 Å². The van der Waals surface area contributed by atoms with Crippen LogP contribution in [0.4, 0.5) is 4.39 Å². The summed E-state index contributed by atoms with van der Waals surface area (Å²) >= 11 is 0. The van der Waals surface area contributed by atoms with Crippen molar-refractivity contribution in [2.24, 2.45) is 0 Å². The molecule has 0 unspecified atom stereocenters. The van der Waals surface area contributed by atoms with Crippen molar-refractivity contribution in [1.29, 1.82) is 5.26 Å². The summed E-state index contributed by atoms with van der Waals surface area (Å²) in [6.07, 6.45) is -1.01. The van der Waals surface area contributed by atoms with E-state index >= 15 is 0 Å². The van der Waals surface area contributed by atoms with Gasteiger partial charge in [0.1, 0.15) is 11.9 Å². The van der Waals surface area contributed by atoms with Crippen LogP contribution in [0.1, 0.15) is 29.9 Å². The first-order valence-electron chi connectivity index (χ1n) is 6.41. The van der Waals surface area contributed by atoms with Gasteiger partial charge in [0.05, 0.1) is 17.8 Å². The van der Waals surface area contributed by atoms with E-state index in [1.54, 1.807) is 6.07 Å². The lowest BCUT2D eigenvalue weighted by Gasteiger charge is -2.11. The summed E-state index contributed by atoms with van der Waals surface area (Å²) in [4.78, 5) is 0. The summed E-state index contributed by atoms with van der Waals surface area (Å²) in [6.45, 7) is 0. The SMILES string of the molecule is N#CCS(=O)(=O)c1cc2n(n1)[C@H](c1ccccc1)C[C@@H]2F. The van der Waals surface area contributed by atoms with Crippen LogP contribution in [0, 0.1) is 11.3 Å². The van der Waals surface area contributed by atoms with Crippen LogP contribution < -0.4 is 0 Å². The van der Waals surface area contributed by atoms with E-state index in [4.69, 9.17) is 5.26 Å². The number of aromatic nitrogens is 2. The van der Waals surface area contributed by atoms with Crippen LogP contribution >= 0.6 is 0 Å². The molecule has 1 aliphatic rings. The molecule has 5 nitrogen and oxygen atoms in total. The highest BCUT2D eigenvalue weighted by Crippen LogP contribution is 2.41. The molecule has 0 saturated carbocycles. The standard InChI is InChI=1S/C14H12FN3O2S/c15-11-8-12(10-4-2-1-3-5-10)18-13(11)9-14(17-18)21(19,20)7-6-16/h1-5,9,11-12H,7-8H2/t11-,12-/m0/s1. The number of nitrogens with zero attached hydrogens (tertiary/aromatic N) is 3. The Morgan fingerprint density at radius 3 is 2.76 bits per heavy atom. The molecule has 0 aliphatic carbocycles. The van der Waals surface area contributed by atoms with Gasteiger partial charge in [-0.15, -0.1) is 0 Å². The maximum absolute atomic E-state index is 14.1. The summed E-state index contributed by atoms with van der Waals surface area (Å²) in [5.74, 6) is -0.656. The van der Waals surface area contributed by atoms with Crippen LogP contribution in [-0.2, 0) is 9.84 Å². The fourth-order valence-electron chi connectivity index (χ4n) is 2.55. The third-order valence-electron chi connectivity index (χ3n) is 3.55. The van der Waals surface area contributed by atoms with E-state index in [1.165, 1.54) is 10.7 Å². The van der Waals surface area contributed by atoms with E-state index in [9.17, 15) is 12.8 Å². The number of alkyl halides is 1. The minimum Gasteiger partial charge on any atom is -0.258 e. The quantitative estimate of drug-likeness (QED) is 0.871. The summed E-state index contributed by atoms with van der Waals surface area (Å²) in [5.41, 5.74) is 1.13. The van der Waals surface area contributed by atoms with Crippen molar-refractivity contribution in [1.82, 2.24) is 9.78 Å². The molecule has 1 aliphatic heterocycles. The molecule has 3 rings (SSSR count). The number of nitriles is 1. The zero-order valence-electron chi connectivity index (χ0n) is 11.0. The van der Waals surface area contributed by atoms with Crippen molar-refractivity contribution < 1.29 is 12.8 Å². The van der Waals surface area contributed by atoms with Gasteiger partial charge < -0.3 is 0 Å². The van der Waals surface area contributed by atoms with Crippen molar-refractivity contribution in [2.45, 2.75) is 23.7 Å². The van der Waals surface area contributed by atoms with Crippen LogP contribution in [0.3, 0.4) is 0 Å². The zero-order chi connectivity index (χ0) is 15.0. The Morgan fingerprint density at radius 2 is 2.10 bits per heavy atom. The average molecular weight is 305 g/mol. The van der Waals surface area contributed by atoms with E-state index in [0.29, 0.717) is 0 Å². The van der Waals surface area contributed by atoms with E-state index in [2.05, 4.69) is 5.10 Å². The van der Waals surface area contributed by atoms with Gasteiger partial charge in [-0.25, -0.2) is 12.8 Å². The van der Waals surface area contributed by atoms with Crippen LogP contribution in [-0.4, -0.2) is 24.0 Å². The molecule has 21 heavy (non-hydrogen) atoms. The molecule has 1 aromatic carbocycles. The maximum Gasteiger partial charge on any atom is 0.210 e. The Balaban J connectivity index is 2.05. The van der Waals surface area contributed by atoms with Gasteiger partial charge >= 0.3 is 0 Å². The maximum atomic E-state index is 14.1. The zero-order valence-corrected chi connectivity index (χ0v) is 11.8. The van der Waals surface area contributed by atoms with Crippen LogP contribution in [0.2, 0.25) is 0 Å². The van der Waals surface area contributed by atoms with Gasteiger partial charge in [-0.3, -0.25) is 4.68 Å². The third-order valence-corrected chi connectivity index (χ3v) is 4.89. The molecule has 0 fully saturated rings. The Hall–Kier alpha value is -2.20. The highest BCUT2D eigenvalue weighted by atomic mass is 32.2. The molecule has 1 aromatic heterocycles. The monoisotopic (exact) mass is 305 g/mol. The second-order valence-electron chi connectivity index (χ2n) is 4.90. The number of halogens is 1. The highest BCUT2D eigenvalue weighted by Gasteiger charge is 2.35. The smallest absolute Gasteiger partial charge is 0.210 e. The predicted octanol–water partition coefficient (Wildman–Crippen LogP) is 2.18. The molecular weight excluding hydrogens is 293 g/mol. The topological polar surface area (TPSA) is 75.8 Å². The first-order chi connectivity index (χ1) is 10.0. The number of rotatable bonds is 3. The summed E-state index contributed by atoms with van der Waals surface area (Å²) in [6, 6.07) is 11.8. The van der Waals surface area contributed by atoms with Crippen LogP contribution in [0.15, 0.2) is 41.4 Å². The highest BCUT2D eigenvalue weighted by molar-refractivity contribution is 7.91. The van der Waals surface area contributed by atoms with Crippen molar-refractivity contribution in [3.63, 3.8) is 0 Å². The van der Waals surface area contributed by atoms with Crippen molar-refractivity contribution in [3.05, 3.63) is 47.7 Å². The lowest BCUT2D eigenvalue weighted by atomic mass is 10.0. The average Bonchev–Trinajstić information content (AvgIpc) is 3.01. The predicted molar refractivity (Wildman–Crippen MR) is 72.9 cm³/mol. The number of sulfone groups is 1.